The van der Waals surface area contributed by atoms with Crippen molar-refractivity contribution in [3.05, 3.63) is 5.53 Å². The van der Waals surface area contributed by atoms with Crippen molar-refractivity contribution in [2.45, 2.75) is 43.7 Å². The molecule has 0 aliphatic heterocycles. The highest BCUT2D eigenvalue weighted by Gasteiger charge is 2.26. The van der Waals surface area contributed by atoms with Crippen LogP contribution in [0, 0.1) is 0 Å². The lowest BCUT2D eigenvalue weighted by molar-refractivity contribution is -0.151. The van der Waals surface area contributed by atoms with Crippen LogP contribution in [0.4, 0.5) is 0 Å². The van der Waals surface area contributed by atoms with E-state index in [0.29, 0.717) is 6.21 Å². The number of Topliss-reactive ketones (excluding diaryl/α,β-unsaturated/α-hetero) is 1. The summed E-state index contributed by atoms with van der Waals surface area (Å²) in [5.41, 5.74) is 8.20. The Labute approximate surface area is 126 Å². The van der Waals surface area contributed by atoms with Crippen LogP contribution < -0.4 is 5.32 Å². The van der Waals surface area contributed by atoms with Crippen molar-refractivity contribution in [1.29, 1.82) is 0 Å². The molecular weight excluding hydrogens is 309 g/mol. The highest BCUT2D eigenvalue weighted by atomic mass is 35.5. The first-order valence-corrected chi connectivity index (χ1v) is 6.64. The van der Waals surface area contributed by atoms with Crippen LogP contribution in [0.5, 0.6) is 0 Å². The van der Waals surface area contributed by atoms with E-state index in [9.17, 15) is 14.4 Å². The van der Waals surface area contributed by atoms with Gasteiger partial charge in [-0.3, -0.25) is 9.59 Å². The second-order valence-electron chi connectivity index (χ2n) is 4.10. The van der Waals surface area contributed by atoms with Gasteiger partial charge in [0.25, 0.3) is 5.91 Å². The zero-order valence-electron chi connectivity index (χ0n) is 11.0. The predicted octanol–water partition coefficient (Wildman–Crippen LogP) is 0.876. The summed E-state index contributed by atoms with van der Waals surface area (Å²) in [6.45, 7) is 3.29. The van der Waals surface area contributed by atoms with Crippen LogP contribution in [0.2, 0.25) is 0 Å². The molecule has 0 aromatic carbocycles. The second kappa shape index (κ2) is 9.47. The Morgan fingerprint density at radius 3 is 2.40 bits per heavy atom. The number of amides is 1. The van der Waals surface area contributed by atoms with Gasteiger partial charge in [-0.1, -0.05) is 23.2 Å². The van der Waals surface area contributed by atoms with E-state index in [1.807, 2.05) is 0 Å². The van der Waals surface area contributed by atoms with Crippen molar-refractivity contribution in [1.82, 2.24) is 5.32 Å². The van der Waals surface area contributed by atoms with Crippen LogP contribution in [0.25, 0.3) is 5.53 Å². The van der Waals surface area contributed by atoms with Gasteiger partial charge in [0.1, 0.15) is 6.04 Å². The van der Waals surface area contributed by atoms with Gasteiger partial charge in [0, 0.05) is 6.42 Å². The summed E-state index contributed by atoms with van der Waals surface area (Å²) in [5.74, 6) is -1.96. The molecule has 0 aromatic heterocycles. The zero-order chi connectivity index (χ0) is 15.7. The molecule has 0 radical (unpaired) electrons. The third-order valence-corrected chi connectivity index (χ3v) is 2.43. The minimum atomic E-state index is -1.33. The number of nitrogens with one attached hydrogen (secondary N) is 1. The Balaban J connectivity index is 4.69. The predicted molar refractivity (Wildman–Crippen MR) is 72.6 cm³/mol. The number of carbonyl (C=O) groups excluding carboxylic acids is 3. The third kappa shape index (κ3) is 7.89. The third-order valence-electron chi connectivity index (χ3n) is 2.03. The fourth-order valence-corrected chi connectivity index (χ4v) is 1.34. The van der Waals surface area contributed by atoms with Crippen molar-refractivity contribution in [3.63, 3.8) is 0 Å². The normalized spacial score (nSPS) is 11.7. The molecular formula is C11H15Cl2N3O4. The first-order chi connectivity index (χ1) is 9.27. The Hall–Kier alpha value is -1.43. The summed E-state index contributed by atoms with van der Waals surface area (Å²) in [5, 5.41) is 2.28. The second-order valence-corrected chi connectivity index (χ2v) is 5.19. The van der Waals surface area contributed by atoms with Crippen molar-refractivity contribution in [2.24, 2.45) is 0 Å². The van der Waals surface area contributed by atoms with Gasteiger partial charge in [0.05, 0.1) is 6.10 Å². The lowest BCUT2D eigenvalue weighted by Crippen LogP contribution is -2.44. The summed E-state index contributed by atoms with van der Waals surface area (Å²) in [6, 6.07) is -1.05. The van der Waals surface area contributed by atoms with Gasteiger partial charge in [0.15, 0.2) is 4.84 Å². The van der Waals surface area contributed by atoms with Crippen LogP contribution in [0.1, 0.15) is 26.7 Å². The largest absolute Gasteiger partial charge is 0.461 e. The van der Waals surface area contributed by atoms with Crippen LogP contribution >= 0.6 is 23.2 Å². The van der Waals surface area contributed by atoms with Crippen molar-refractivity contribution in [2.75, 3.05) is 0 Å². The molecule has 1 atom stereocenters. The molecule has 20 heavy (non-hydrogen) atoms. The summed E-state index contributed by atoms with van der Waals surface area (Å²) in [6.07, 6.45) is 0.193. The van der Waals surface area contributed by atoms with Crippen LogP contribution in [-0.2, 0) is 19.1 Å². The van der Waals surface area contributed by atoms with E-state index in [1.165, 1.54) is 0 Å². The van der Waals surface area contributed by atoms with E-state index < -0.39 is 28.5 Å². The Morgan fingerprint density at radius 2 is 1.95 bits per heavy atom. The minimum Gasteiger partial charge on any atom is -0.461 e. The monoisotopic (exact) mass is 323 g/mol. The van der Waals surface area contributed by atoms with Gasteiger partial charge in [-0.05, 0) is 20.3 Å². The van der Waals surface area contributed by atoms with Crippen LogP contribution in [0.3, 0.4) is 0 Å². The smallest absolute Gasteiger partial charge is 0.328 e. The molecule has 112 valence electrons. The van der Waals surface area contributed by atoms with E-state index in [-0.39, 0.29) is 18.9 Å². The Bertz CT molecular complexity index is 420. The topological polar surface area (TPSA) is 109 Å². The van der Waals surface area contributed by atoms with E-state index >= 15 is 0 Å². The van der Waals surface area contributed by atoms with Crippen molar-refractivity contribution < 1.29 is 23.9 Å². The average molecular weight is 324 g/mol. The number of esters is 1. The van der Waals surface area contributed by atoms with Crippen molar-refractivity contribution >= 4 is 47.1 Å². The fraction of sp³-hybridized carbons (Fsp3) is 0.636. The van der Waals surface area contributed by atoms with E-state index in [1.54, 1.807) is 13.8 Å². The van der Waals surface area contributed by atoms with E-state index in [4.69, 9.17) is 33.5 Å². The standard InChI is InChI=1S/C11H15Cl2N3O4/c1-6(2)20-11(19)8(16-10(18)9(12)13)4-3-7(17)5-15-14/h5-6,8-9H,3-4H2,1-2H3,(H,16,18)/t8-/m0/s1. The highest BCUT2D eigenvalue weighted by molar-refractivity contribution is 6.53. The molecule has 0 saturated carbocycles. The molecule has 0 saturated heterocycles. The maximum Gasteiger partial charge on any atom is 0.328 e. The summed E-state index contributed by atoms with van der Waals surface area (Å²) < 4.78 is 4.95. The number of halogens is 2. The van der Waals surface area contributed by atoms with Gasteiger partial charge in [-0.25, -0.2) is 4.79 Å². The van der Waals surface area contributed by atoms with Crippen LogP contribution in [0.15, 0.2) is 0 Å². The van der Waals surface area contributed by atoms with Crippen LogP contribution in [-0.4, -0.2) is 45.6 Å². The molecule has 0 rings (SSSR count). The number of hydrogen-bond donors (Lipinski definition) is 1. The first-order valence-electron chi connectivity index (χ1n) is 5.77. The molecule has 0 heterocycles. The highest BCUT2D eigenvalue weighted by Crippen LogP contribution is 2.07. The van der Waals surface area contributed by atoms with Crippen molar-refractivity contribution in [3.8, 4) is 0 Å². The minimum absolute atomic E-state index is 0.0252. The molecule has 0 unspecified atom stereocenters. The van der Waals surface area contributed by atoms with E-state index in [0.717, 1.165) is 0 Å². The summed E-state index contributed by atoms with van der Waals surface area (Å²) in [4.78, 5) is 35.6. The number of rotatable bonds is 8. The lowest BCUT2D eigenvalue weighted by Gasteiger charge is -2.18. The number of carbonyl (C=O) groups is 3. The number of ether oxygens (including phenoxy) is 1. The van der Waals surface area contributed by atoms with Gasteiger partial charge in [0.2, 0.25) is 5.78 Å². The van der Waals surface area contributed by atoms with Gasteiger partial charge < -0.3 is 15.6 Å². The Kier molecular flexibility index (Phi) is 8.79. The quantitative estimate of drug-likeness (QED) is 0.235. The molecule has 1 amide bonds. The fourth-order valence-electron chi connectivity index (χ4n) is 1.21. The SMILES string of the molecule is CC(C)OC(=O)[C@H](CCC(=O)C=[N+]=[N-])NC(=O)C(Cl)Cl. The average Bonchev–Trinajstić information content (AvgIpc) is 2.33. The molecule has 9 heteroatoms. The molecule has 0 aromatic rings. The Morgan fingerprint density at radius 1 is 1.35 bits per heavy atom. The van der Waals surface area contributed by atoms with Gasteiger partial charge >= 0.3 is 12.2 Å². The van der Waals surface area contributed by atoms with Gasteiger partial charge in [-0.15, -0.1) is 0 Å². The molecule has 0 spiro atoms. The number of alkyl halides is 2. The molecule has 0 aliphatic rings. The number of ketones is 1. The van der Waals surface area contributed by atoms with Gasteiger partial charge in [-0.2, -0.15) is 4.79 Å². The molecule has 0 fully saturated rings. The molecule has 1 N–H and O–H groups in total. The van der Waals surface area contributed by atoms with E-state index in [2.05, 4.69) is 10.1 Å². The number of nitrogens with zero attached hydrogens (tertiary/aromatic N) is 2. The zero-order valence-corrected chi connectivity index (χ0v) is 12.5. The molecule has 0 aliphatic carbocycles. The molecule has 7 nitrogen and oxygen atoms in total. The maximum atomic E-state index is 11.8. The molecule has 0 bridgehead atoms. The lowest BCUT2D eigenvalue weighted by atomic mass is 10.1. The maximum absolute atomic E-state index is 11.8. The first kappa shape index (κ1) is 18.6. The number of hydrogen-bond acceptors (Lipinski definition) is 4. The summed E-state index contributed by atoms with van der Waals surface area (Å²) in [7, 11) is 0. The summed E-state index contributed by atoms with van der Waals surface area (Å²) >= 11 is 10.8.